The van der Waals surface area contributed by atoms with E-state index in [9.17, 15) is 0 Å². The number of thioether (sulfide) groups is 1. The predicted octanol–water partition coefficient (Wildman–Crippen LogP) is 3.98. The molecule has 0 fully saturated rings. The van der Waals surface area contributed by atoms with Gasteiger partial charge >= 0.3 is 0 Å². The SMILES string of the molecule is CNC(CSCC(C)C)Cc1cc(Br)ccc1OC. The van der Waals surface area contributed by atoms with Crippen LogP contribution in [-0.2, 0) is 6.42 Å². The van der Waals surface area contributed by atoms with Crippen molar-refractivity contribution in [1.29, 1.82) is 0 Å². The number of rotatable bonds is 8. The van der Waals surface area contributed by atoms with Crippen LogP contribution in [0.4, 0.5) is 0 Å². The zero-order chi connectivity index (χ0) is 14.3. The third kappa shape index (κ3) is 6.19. The lowest BCUT2D eigenvalue weighted by molar-refractivity contribution is 0.407. The Kier molecular flexibility index (Phi) is 7.88. The summed E-state index contributed by atoms with van der Waals surface area (Å²) in [5, 5.41) is 3.40. The summed E-state index contributed by atoms with van der Waals surface area (Å²) in [6.45, 7) is 4.53. The average molecular weight is 346 g/mol. The summed E-state index contributed by atoms with van der Waals surface area (Å²) >= 11 is 5.54. The van der Waals surface area contributed by atoms with E-state index in [1.165, 1.54) is 11.3 Å². The molecule has 1 aromatic carbocycles. The summed E-state index contributed by atoms with van der Waals surface area (Å²) in [7, 11) is 3.76. The number of halogens is 1. The first kappa shape index (κ1) is 16.9. The normalized spacial score (nSPS) is 12.7. The van der Waals surface area contributed by atoms with E-state index in [0.717, 1.165) is 28.3 Å². The van der Waals surface area contributed by atoms with Crippen molar-refractivity contribution in [1.82, 2.24) is 5.32 Å². The highest BCUT2D eigenvalue weighted by molar-refractivity contribution is 9.10. The van der Waals surface area contributed by atoms with Crippen LogP contribution < -0.4 is 10.1 Å². The summed E-state index contributed by atoms with van der Waals surface area (Å²) in [6, 6.07) is 6.67. The zero-order valence-corrected chi connectivity index (χ0v) is 14.6. The van der Waals surface area contributed by atoms with E-state index >= 15 is 0 Å². The van der Waals surface area contributed by atoms with E-state index in [0.29, 0.717) is 6.04 Å². The maximum atomic E-state index is 5.43. The second-order valence-corrected chi connectivity index (χ2v) is 7.07. The van der Waals surface area contributed by atoms with Gasteiger partial charge in [0.2, 0.25) is 0 Å². The van der Waals surface area contributed by atoms with Crippen LogP contribution in [0.2, 0.25) is 0 Å². The Balaban J connectivity index is 2.61. The third-order valence-electron chi connectivity index (χ3n) is 2.89. The van der Waals surface area contributed by atoms with Gasteiger partial charge in [0.15, 0.2) is 0 Å². The molecule has 0 aliphatic rings. The minimum absolute atomic E-state index is 0.479. The molecule has 0 spiro atoms. The molecule has 0 aliphatic heterocycles. The first-order chi connectivity index (χ1) is 9.06. The average Bonchev–Trinajstić information content (AvgIpc) is 2.37. The maximum absolute atomic E-state index is 5.43. The molecular weight excluding hydrogens is 322 g/mol. The van der Waals surface area contributed by atoms with Gasteiger partial charge < -0.3 is 10.1 Å². The Morgan fingerprint density at radius 1 is 1.32 bits per heavy atom. The first-order valence-electron chi connectivity index (χ1n) is 6.64. The lowest BCUT2D eigenvalue weighted by Gasteiger charge is -2.18. The number of hydrogen-bond donors (Lipinski definition) is 1. The topological polar surface area (TPSA) is 21.3 Å². The Bertz CT molecular complexity index is 384. The number of methoxy groups -OCH3 is 1. The minimum atomic E-state index is 0.479. The van der Waals surface area contributed by atoms with Crippen molar-refractivity contribution in [3.05, 3.63) is 28.2 Å². The van der Waals surface area contributed by atoms with Crippen LogP contribution in [-0.4, -0.2) is 31.7 Å². The summed E-state index contributed by atoms with van der Waals surface area (Å²) < 4.78 is 6.54. The standard InChI is InChI=1S/C15H24BrNOS/c1-11(2)9-19-10-14(17-3)8-12-7-13(16)5-6-15(12)18-4/h5-7,11,14,17H,8-10H2,1-4H3. The van der Waals surface area contributed by atoms with Gasteiger partial charge in [0.05, 0.1) is 7.11 Å². The first-order valence-corrected chi connectivity index (χ1v) is 8.59. The molecule has 1 N–H and O–H groups in total. The van der Waals surface area contributed by atoms with Gasteiger partial charge in [-0.1, -0.05) is 29.8 Å². The van der Waals surface area contributed by atoms with Gasteiger partial charge in [-0.05, 0) is 48.9 Å². The minimum Gasteiger partial charge on any atom is -0.496 e. The summed E-state index contributed by atoms with van der Waals surface area (Å²) in [5.74, 6) is 4.07. The van der Waals surface area contributed by atoms with E-state index in [2.05, 4.69) is 41.2 Å². The van der Waals surface area contributed by atoms with Crippen LogP contribution in [0.1, 0.15) is 19.4 Å². The Morgan fingerprint density at radius 2 is 2.05 bits per heavy atom. The highest BCUT2D eigenvalue weighted by Gasteiger charge is 2.12. The van der Waals surface area contributed by atoms with Crippen LogP contribution in [0.5, 0.6) is 5.75 Å². The van der Waals surface area contributed by atoms with Crippen LogP contribution in [0.3, 0.4) is 0 Å². The highest BCUT2D eigenvalue weighted by atomic mass is 79.9. The fraction of sp³-hybridized carbons (Fsp3) is 0.600. The Hall–Kier alpha value is -0.190. The quantitative estimate of drug-likeness (QED) is 0.769. The molecule has 0 heterocycles. The van der Waals surface area contributed by atoms with Crippen molar-refractivity contribution in [2.75, 3.05) is 25.7 Å². The van der Waals surface area contributed by atoms with Gasteiger partial charge in [-0.15, -0.1) is 0 Å². The molecule has 2 nitrogen and oxygen atoms in total. The van der Waals surface area contributed by atoms with E-state index in [1.807, 2.05) is 30.9 Å². The number of hydrogen-bond acceptors (Lipinski definition) is 3. The lowest BCUT2D eigenvalue weighted by Crippen LogP contribution is -2.30. The van der Waals surface area contributed by atoms with E-state index in [1.54, 1.807) is 7.11 Å². The van der Waals surface area contributed by atoms with Crippen molar-refractivity contribution < 1.29 is 4.74 Å². The van der Waals surface area contributed by atoms with Crippen LogP contribution >= 0.6 is 27.7 Å². The lowest BCUT2D eigenvalue weighted by atomic mass is 10.1. The molecule has 0 aromatic heterocycles. The van der Waals surface area contributed by atoms with Crippen LogP contribution in [0.15, 0.2) is 22.7 Å². The van der Waals surface area contributed by atoms with Crippen molar-refractivity contribution in [3.8, 4) is 5.75 Å². The summed E-state index contributed by atoms with van der Waals surface area (Å²) in [4.78, 5) is 0. The van der Waals surface area contributed by atoms with Gasteiger partial charge in [-0.2, -0.15) is 11.8 Å². The third-order valence-corrected chi connectivity index (χ3v) is 4.92. The van der Waals surface area contributed by atoms with Gasteiger partial charge in [0.1, 0.15) is 5.75 Å². The molecule has 1 unspecified atom stereocenters. The zero-order valence-electron chi connectivity index (χ0n) is 12.2. The van der Waals surface area contributed by atoms with Gasteiger partial charge in [-0.25, -0.2) is 0 Å². The van der Waals surface area contributed by atoms with Crippen molar-refractivity contribution >= 4 is 27.7 Å². The number of likely N-dealkylation sites (N-methyl/N-ethyl adjacent to an activating group) is 1. The molecule has 0 saturated heterocycles. The molecule has 1 atom stereocenters. The van der Waals surface area contributed by atoms with Gasteiger partial charge in [-0.3, -0.25) is 0 Å². The van der Waals surface area contributed by atoms with Crippen molar-refractivity contribution in [3.63, 3.8) is 0 Å². The van der Waals surface area contributed by atoms with Crippen molar-refractivity contribution in [2.24, 2.45) is 5.92 Å². The second-order valence-electron chi connectivity index (χ2n) is 5.08. The fourth-order valence-corrected chi connectivity index (χ4v) is 3.45. The molecule has 0 radical (unpaired) electrons. The Labute approximate surface area is 129 Å². The molecule has 1 aromatic rings. The van der Waals surface area contributed by atoms with E-state index in [4.69, 9.17) is 4.74 Å². The second kappa shape index (κ2) is 8.88. The molecule has 0 aliphatic carbocycles. The molecule has 0 saturated carbocycles. The Morgan fingerprint density at radius 3 is 2.63 bits per heavy atom. The molecule has 19 heavy (non-hydrogen) atoms. The van der Waals surface area contributed by atoms with Gasteiger partial charge in [0, 0.05) is 16.3 Å². The fourth-order valence-electron chi connectivity index (χ4n) is 1.86. The van der Waals surface area contributed by atoms with Gasteiger partial charge in [0.25, 0.3) is 0 Å². The predicted molar refractivity (Wildman–Crippen MR) is 89.4 cm³/mol. The van der Waals surface area contributed by atoms with Crippen molar-refractivity contribution in [2.45, 2.75) is 26.3 Å². The monoisotopic (exact) mass is 345 g/mol. The van der Waals surface area contributed by atoms with E-state index in [-0.39, 0.29) is 0 Å². The highest BCUT2D eigenvalue weighted by Crippen LogP contribution is 2.25. The number of benzene rings is 1. The number of nitrogens with one attached hydrogen (secondary N) is 1. The molecule has 0 bridgehead atoms. The van der Waals surface area contributed by atoms with Crippen LogP contribution in [0, 0.1) is 5.92 Å². The number of ether oxygens (including phenoxy) is 1. The van der Waals surface area contributed by atoms with Crippen LogP contribution in [0.25, 0.3) is 0 Å². The molecule has 1 rings (SSSR count). The summed E-state index contributed by atoms with van der Waals surface area (Å²) in [5.41, 5.74) is 1.25. The molecule has 4 heteroatoms. The molecular formula is C15H24BrNOS. The molecule has 108 valence electrons. The summed E-state index contributed by atoms with van der Waals surface area (Å²) in [6.07, 6.45) is 0.990. The molecule has 0 amide bonds. The van der Waals surface area contributed by atoms with E-state index < -0.39 is 0 Å². The largest absolute Gasteiger partial charge is 0.496 e. The maximum Gasteiger partial charge on any atom is 0.122 e. The smallest absolute Gasteiger partial charge is 0.122 e.